The van der Waals surface area contributed by atoms with Gasteiger partial charge in [0.1, 0.15) is 0 Å². The molecule has 2 aromatic rings. The fraction of sp³-hybridized carbons (Fsp3) is 0.250. The van der Waals surface area contributed by atoms with E-state index >= 15 is 0 Å². The molecule has 0 bridgehead atoms. The molecule has 94 valence electrons. The van der Waals surface area contributed by atoms with Crippen LogP contribution in [0, 0.1) is 13.8 Å². The summed E-state index contributed by atoms with van der Waals surface area (Å²) in [6.45, 7) is 4.08. The van der Waals surface area contributed by atoms with E-state index in [0.717, 1.165) is 22.6 Å². The average molecular weight is 260 g/mol. The summed E-state index contributed by atoms with van der Waals surface area (Å²) in [4.78, 5) is 0. The van der Waals surface area contributed by atoms with Crippen molar-refractivity contribution in [1.29, 1.82) is 0 Å². The first kappa shape index (κ1) is 13.1. The molecule has 0 fully saturated rings. The maximum atomic E-state index is 6.30. The fourth-order valence-corrected chi connectivity index (χ4v) is 2.40. The Bertz CT molecular complexity index is 534. The predicted octanol–water partition coefficient (Wildman–Crippen LogP) is 4.20. The average Bonchev–Trinajstić information content (AvgIpc) is 2.35. The van der Waals surface area contributed by atoms with Crippen LogP contribution in [0.25, 0.3) is 0 Å². The Hall–Kier alpha value is -1.31. The van der Waals surface area contributed by atoms with Crippen LogP contribution in [-0.4, -0.2) is 0 Å². The van der Waals surface area contributed by atoms with Crippen LogP contribution in [0.4, 0.5) is 0 Å². The molecule has 0 aromatic heterocycles. The van der Waals surface area contributed by atoms with Crippen molar-refractivity contribution in [2.75, 3.05) is 0 Å². The van der Waals surface area contributed by atoms with E-state index in [2.05, 4.69) is 25.1 Å². The Balaban J connectivity index is 2.24. The zero-order chi connectivity index (χ0) is 13.1. The minimum atomic E-state index is 0.0170. The summed E-state index contributed by atoms with van der Waals surface area (Å²) >= 11 is 6.11. The van der Waals surface area contributed by atoms with Crippen LogP contribution < -0.4 is 5.73 Å². The number of nitrogens with two attached hydrogens (primary N) is 1. The van der Waals surface area contributed by atoms with Gasteiger partial charge in [-0.15, -0.1) is 0 Å². The number of hydrogen-bond donors (Lipinski definition) is 1. The Labute approximate surface area is 114 Å². The molecule has 0 aliphatic carbocycles. The summed E-state index contributed by atoms with van der Waals surface area (Å²) in [5.74, 6) is 0. The zero-order valence-corrected chi connectivity index (χ0v) is 11.5. The lowest BCUT2D eigenvalue weighted by Gasteiger charge is -2.16. The maximum Gasteiger partial charge on any atom is 0.0438 e. The molecule has 0 spiro atoms. The molecule has 1 nitrogen and oxygen atoms in total. The standard InChI is InChI=1S/C16H18ClN/c1-11-9-15(17)12(2)8-14(11)16(18)10-13-6-4-3-5-7-13/h3-9,16H,10,18H2,1-2H3. The van der Waals surface area contributed by atoms with Crippen LogP contribution in [0.2, 0.25) is 5.02 Å². The molecular weight excluding hydrogens is 242 g/mol. The van der Waals surface area contributed by atoms with Crippen LogP contribution in [0.1, 0.15) is 28.3 Å². The molecule has 1 unspecified atom stereocenters. The first-order valence-electron chi connectivity index (χ1n) is 6.14. The van der Waals surface area contributed by atoms with E-state index in [1.54, 1.807) is 0 Å². The lowest BCUT2D eigenvalue weighted by atomic mass is 9.94. The molecule has 2 aromatic carbocycles. The van der Waals surface area contributed by atoms with E-state index in [-0.39, 0.29) is 6.04 Å². The topological polar surface area (TPSA) is 26.0 Å². The van der Waals surface area contributed by atoms with Crippen LogP contribution in [0.5, 0.6) is 0 Å². The highest BCUT2D eigenvalue weighted by molar-refractivity contribution is 6.31. The first-order chi connectivity index (χ1) is 8.58. The van der Waals surface area contributed by atoms with E-state index in [1.807, 2.05) is 31.2 Å². The van der Waals surface area contributed by atoms with Crippen LogP contribution in [0.15, 0.2) is 42.5 Å². The number of rotatable bonds is 3. The van der Waals surface area contributed by atoms with Crippen LogP contribution in [0.3, 0.4) is 0 Å². The van der Waals surface area contributed by atoms with Gasteiger partial charge in [0, 0.05) is 11.1 Å². The van der Waals surface area contributed by atoms with Gasteiger partial charge in [-0.25, -0.2) is 0 Å². The van der Waals surface area contributed by atoms with Gasteiger partial charge in [0.05, 0.1) is 0 Å². The molecule has 0 heterocycles. The summed E-state index contributed by atoms with van der Waals surface area (Å²) in [5.41, 5.74) is 11.0. The Kier molecular flexibility index (Phi) is 4.05. The first-order valence-corrected chi connectivity index (χ1v) is 6.52. The lowest BCUT2D eigenvalue weighted by Crippen LogP contribution is -2.15. The fourth-order valence-electron chi connectivity index (χ4n) is 2.18. The molecule has 2 heteroatoms. The summed E-state index contributed by atoms with van der Waals surface area (Å²) in [5, 5.41) is 0.808. The van der Waals surface area contributed by atoms with Crippen molar-refractivity contribution in [3.8, 4) is 0 Å². The van der Waals surface area contributed by atoms with Gasteiger partial charge in [0.15, 0.2) is 0 Å². The maximum absolute atomic E-state index is 6.30. The van der Waals surface area contributed by atoms with Gasteiger partial charge in [-0.2, -0.15) is 0 Å². The highest BCUT2D eigenvalue weighted by atomic mass is 35.5. The third-order valence-corrected chi connectivity index (χ3v) is 3.65. The molecule has 0 amide bonds. The number of aryl methyl sites for hydroxylation is 2. The smallest absolute Gasteiger partial charge is 0.0438 e. The van der Waals surface area contributed by atoms with Crippen LogP contribution in [-0.2, 0) is 6.42 Å². The molecule has 18 heavy (non-hydrogen) atoms. The third-order valence-electron chi connectivity index (χ3n) is 3.25. The van der Waals surface area contributed by atoms with E-state index in [4.69, 9.17) is 17.3 Å². The molecule has 0 saturated heterocycles. The monoisotopic (exact) mass is 259 g/mol. The Morgan fingerprint density at radius 3 is 2.39 bits per heavy atom. The number of halogens is 1. The van der Waals surface area contributed by atoms with Gasteiger partial charge < -0.3 is 5.73 Å². The van der Waals surface area contributed by atoms with E-state index in [9.17, 15) is 0 Å². The molecular formula is C16H18ClN. The van der Waals surface area contributed by atoms with Gasteiger partial charge in [0.2, 0.25) is 0 Å². The number of hydrogen-bond acceptors (Lipinski definition) is 1. The van der Waals surface area contributed by atoms with Gasteiger partial charge in [-0.05, 0) is 48.6 Å². The van der Waals surface area contributed by atoms with Crippen molar-refractivity contribution < 1.29 is 0 Å². The molecule has 2 rings (SSSR count). The molecule has 0 radical (unpaired) electrons. The summed E-state index contributed by atoms with van der Waals surface area (Å²) in [6.07, 6.45) is 0.850. The zero-order valence-electron chi connectivity index (χ0n) is 10.8. The second-order valence-corrected chi connectivity index (χ2v) is 5.16. The van der Waals surface area contributed by atoms with Crippen molar-refractivity contribution in [1.82, 2.24) is 0 Å². The molecule has 0 saturated carbocycles. The van der Waals surface area contributed by atoms with Gasteiger partial charge in [-0.3, -0.25) is 0 Å². The van der Waals surface area contributed by atoms with E-state index in [1.165, 1.54) is 11.1 Å². The summed E-state index contributed by atoms with van der Waals surface area (Å²) < 4.78 is 0. The van der Waals surface area contributed by atoms with Gasteiger partial charge in [-0.1, -0.05) is 48.0 Å². The Morgan fingerprint density at radius 1 is 1.06 bits per heavy atom. The summed E-state index contributed by atoms with van der Waals surface area (Å²) in [7, 11) is 0. The quantitative estimate of drug-likeness (QED) is 0.878. The molecule has 1 atom stereocenters. The van der Waals surface area contributed by atoms with Crippen molar-refractivity contribution in [2.45, 2.75) is 26.3 Å². The highest BCUT2D eigenvalue weighted by Crippen LogP contribution is 2.25. The molecule has 2 N–H and O–H groups in total. The minimum absolute atomic E-state index is 0.0170. The van der Waals surface area contributed by atoms with Crippen molar-refractivity contribution in [3.63, 3.8) is 0 Å². The highest BCUT2D eigenvalue weighted by Gasteiger charge is 2.11. The largest absolute Gasteiger partial charge is 0.324 e. The summed E-state index contributed by atoms with van der Waals surface area (Å²) in [6, 6.07) is 14.4. The molecule has 0 aliphatic rings. The lowest BCUT2D eigenvalue weighted by molar-refractivity contribution is 0.716. The van der Waals surface area contributed by atoms with E-state index < -0.39 is 0 Å². The van der Waals surface area contributed by atoms with Crippen molar-refractivity contribution >= 4 is 11.6 Å². The Morgan fingerprint density at radius 2 is 1.72 bits per heavy atom. The van der Waals surface area contributed by atoms with Gasteiger partial charge in [0.25, 0.3) is 0 Å². The van der Waals surface area contributed by atoms with E-state index in [0.29, 0.717) is 0 Å². The normalized spacial score (nSPS) is 12.4. The van der Waals surface area contributed by atoms with Crippen molar-refractivity contribution in [3.05, 3.63) is 69.7 Å². The molecule has 0 aliphatic heterocycles. The predicted molar refractivity (Wildman–Crippen MR) is 78.0 cm³/mol. The minimum Gasteiger partial charge on any atom is -0.324 e. The number of benzene rings is 2. The van der Waals surface area contributed by atoms with Gasteiger partial charge >= 0.3 is 0 Å². The SMILES string of the molecule is Cc1cc(C(N)Cc2ccccc2)c(C)cc1Cl. The second-order valence-electron chi connectivity index (χ2n) is 4.75. The van der Waals surface area contributed by atoms with Crippen LogP contribution >= 0.6 is 11.6 Å². The third kappa shape index (κ3) is 2.92. The second kappa shape index (κ2) is 5.55. The van der Waals surface area contributed by atoms with Crippen molar-refractivity contribution in [2.24, 2.45) is 5.73 Å².